The van der Waals surface area contributed by atoms with Crippen LogP contribution < -0.4 is 10.6 Å². The molecule has 1 aliphatic rings. The average Bonchev–Trinajstić information content (AvgIpc) is 3.51. The number of anilines is 1. The maximum atomic E-state index is 13.1. The molecule has 164 valence electrons. The van der Waals surface area contributed by atoms with Crippen molar-refractivity contribution in [1.82, 2.24) is 10.2 Å². The summed E-state index contributed by atoms with van der Waals surface area (Å²) in [5.74, 6) is -0.660. The molecule has 0 bridgehead atoms. The number of carbonyl (C=O) groups is 3. The Bertz CT molecular complexity index is 1110. The minimum Gasteiger partial charge on any atom is -0.348 e. The van der Waals surface area contributed by atoms with E-state index in [0.29, 0.717) is 35.6 Å². The van der Waals surface area contributed by atoms with Gasteiger partial charge >= 0.3 is 0 Å². The van der Waals surface area contributed by atoms with Crippen molar-refractivity contribution >= 4 is 34.7 Å². The summed E-state index contributed by atoms with van der Waals surface area (Å²) < 4.78 is 0. The number of carbonyl (C=O) groups excluding carboxylic acids is 3. The van der Waals surface area contributed by atoms with Crippen LogP contribution in [0.5, 0.6) is 0 Å². The lowest BCUT2D eigenvalue weighted by atomic mass is 10.1. The highest BCUT2D eigenvalue weighted by Gasteiger charge is 2.35. The minimum atomic E-state index is -0.548. The number of hydrogen-bond donors (Lipinski definition) is 2. The van der Waals surface area contributed by atoms with Gasteiger partial charge in [0, 0.05) is 13.1 Å². The lowest BCUT2D eigenvalue weighted by Gasteiger charge is -2.24. The minimum absolute atomic E-state index is 0.123. The molecule has 4 rings (SSSR count). The van der Waals surface area contributed by atoms with Gasteiger partial charge in [-0.1, -0.05) is 48.0 Å². The van der Waals surface area contributed by atoms with Crippen LogP contribution in [0.4, 0.5) is 5.69 Å². The zero-order valence-corrected chi connectivity index (χ0v) is 18.7. The van der Waals surface area contributed by atoms with E-state index in [1.165, 1.54) is 11.3 Å². The molecule has 1 saturated heterocycles. The van der Waals surface area contributed by atoms with Gasteiger partial charge in [-0.15, -0.1) is 11.3 Å². The van der Waals surface area contributed by atoms with Crippen LogP contribution in [0.15, 0.2) is 66.0 Å². The number of para-hydroxylation sites is 1. The SMILES string of the molecule is Cc1ccc(CNC(=O)c2ccccc2NC(=O)[C@H]2CCCN2C(=O)c2cccs2)cc1. The Balaban J connectivity index is 1.44. The lowest BCUT2D eigenvalue weighted by molar-refractivity contribution is -0.119. The van der Waals surface area contributed by atoms with Gasteiger partial charge < -0.3 is 15.5 Å². The molecule has 1 aliphatic heterocycles. The number of thiophene rings is 1. The van der Waals surface area contributed by atoms with Crippen LogP contribution in [0, 0.1) is 6.92 Å². The molecule has 2 heterocycles. The van der Waals surface area contributed by atoms with E-state index in [4.69, 9.17) is 0 Å². The average molecular weight is 448 g/mol. The number of benzene rings is 2. The Morgan fingerprint density at radius 1 is 1.03 bits per heavy atom. The third-order valence-corrected chi connectivity index (χ3v) is 6.41. The molecule has 0 saturated carbocycles. The number of amides is 3. The molecule has 3 amide bonds. The van der Waals surface area contributed by atoms with Crippen LogP contribution in [0.2, 0.25) is 0 Å². The molecule has 0 spiro atoms. The first-order chi connectivity index (χ1) is 15.5. The highest BCUT2D eigenvalue weighted by Crippen LogP contribution is 2.24. The van der Waals surface area contributed by atoms with E-state index in [1.54, 1.807) is 35.2 Å². The van der Waals surface area contributed by atoms with Gasteiger partial charge in [0.15, 0.2) is 0 Å². The quantitative estimate of drug-likeness (QED) is 0.594. The van der Waals surface area contributed by atoms with E-state index in [1.807, 2.05) is 42.6 Å². The van der Waals surface area contributed by atoms with Crippen LogP contribution in [-0.2, 0) is 11.3 Å². The highest BCUT2D eigenvalue weighted by molar-refractivity contribution is 7.12. The molecule has 1 fully saturated rings. The van der Waals surface area contributed by atoms with Gasteiger partial charge in [-0.05, 0) is 48.9 Å². The molecule has 0 radical (unpaired) electrons. The summed E-state index contributed by atoms with van der Waals surface area (Å²) in [5, 5.41) is 7.64. The van der Waals surface area contributed by atoms with Crippen molar-refractivity contribution < 1.29 is 14.4 Å². The van der Waals surface area contributed by atoms with Crippen molar-refractivity contribution in [2.45, 2.75) is 32.4 Å². The van der Waals surface area contributed by atoms with Gasteiger partial charge in [-0.3, -0.25) is 14.4 Å². The van der Waals surface area contributed by atoms with Crippen LogP contribution >= 0.6 is 11.3 Å². The number of hydrogen-bond acceptors (Lipinski definition) is 4. The van der Waals surface area contributed by atoms with Crippen molar-refractivity contribution in [2.75, 3.05) is 11.9 Å². The Labute approximate surface area is 191 Å². The molecule has 2 N–H and O–H groups in total. The monoisotopic (exact) mass is 447 g/mol. The zero-order chi connectivity index (χ0) is 22.5. The topological polar surface area (TPSA) is 78.5 Å². The van der Waals surface area contributed by atoms with E-state index in [-0.39, 0.29) is 17.7 Å². The zero-order valence-electron chi connectivity index (χ0n) is 17.8. The van der Waals surface area contributed by atoms with E-state index in [9.17, 15) is 14.4 Å². The molecule has 32 heavy (non-hydrogen) atoms. The van der Waals surface area contributed by atoms with Crippen LogP contribution in [-0.4, -0.2) is 35.2 Å². The summed E-state index contributed by atoms with van der Waals surface area (Å²) in [6.45, 7) is 2.96. The predicted molar refractivity (Wildman–Crippen MR) is 126 cm³/mol. The summed E-state index contributed by atoms with van der Waals surface area (Å²) in [6.07, 6.45) is 1.37. The third kappa shape index (κ3) is 4.89. The fourth-order valence-electron chi connectivity index (χ4n) is 3.81. The maximum Gasteiger partial charge on any atom is 0.264 e. The van der Waals surface area contributed by atoms with E-state index >= 15 is 0 Å². The summed E-state index contributed by atoms with van der Waals surface area (Å²) in [4.78, 5) is 40.9. The summed E-state index contributed by atoms with van der Waals surface area (Å²) in [5.41, 5.74) is 2.99. The van der Waals surface area contributed by atoms with E-state index in [2.05, 4.69) is 10.6 Å². The second kappa shape index (κ2) is 9.78. The Kier molecular flexibility index (Phi) is 6.66. The van der Waals surface area contributed by atoms with Gasteiger partial charge in [0.05, 0.1) is 16.1 Å². The van der Waals surface area contributed by atoms with Gasteiger partial charge in [0.25, 0.3) is 11.8 Å². The lowest BCUT2D eigenvalue weighted by Crippen LogP contribution is -2.43. The first kappa shape index (κ1) is 21.8. The van der Waals surface area contributed by atoms with Gasteiger partial charge in [-0.2, -0.15) is 0 Å². The molecule has 2 aromatic carbocycles. The Morgan fingerprint density at radius 2 is 1.81 bits per heavy atom. The van der Waals surface area contributed by atoms with Crippen molar-refractivity contribution in [3.05, 3.63) is 87.6 Å². The van der Waals surface area contributed by atoms with Crippen LogP contribution in [0.1, 0.15) is 44.0 Å². The second-order valence-electron chi connectivity index (χ2n) is 7.84. The fourth-order valence-corrected chi connectivity index (χ4v) is 4.49. The maximum absolute atomic E-state index is 13.1. The molecule has 1 aromatic heterocycles. The predicted octanol–water partition coefficient (Wildman–Crippen LogP) is 4.23. The first-order valence-electron chi connectivity index (χ1n) is 10.6. The Hall–Kier alpha value is -3.45. The number of likely N-dealkylation sites (tertiary alicyclic amines) is 1. The van der Waals surface area contributed by atoms with Crippen molar-refractivity contribution in [1.29, 1.82) is 0 Å². The number of rotatable bonds is 6. The molecule has 1 atom stereocenters. The third-order valence-electron chi connectivity index (χ3n) is 5.55. The van der Waals surface area contributed by atoms with Crippen LogP contribution in [0.25, 0.3) is 0 Å². The molecule has 3 aromatic rings. The van der Waals surface area contributed by atoms with Crippen molar-refractivity contribution in [3.63, 3.8) is 0 Å². The van der Waals surface area contributed by atoms with Crippen molar-refractivity contribution in [3.8, 4) is 0 Å². The van der Waals surface area contributed by atoms with E-state index < -0.39 is 6.04 Å². The van der Waals surface area contributed by atoms with E-state index in [0.717, 1.165) is 17.5 Å². The standard InChI is InChI=1S/C25H25N3O3S/c1-17-10-12-18(13-11-17)16-26-23(29)19-6-2-3-7-20(19)27-24(30)21-8-4-14-28(21)25(31)22-9-5-15-32-22/h2-3,5-7,9-13,15,21H,4,8,14,16H2,1H3,(H,26,29)(H,27,30)/t21-/m1/s1. The number of nitrogens with zero attached hydrogens (tertiary/aromatic N) is 1. The fraction of sp³-hybridized carbons (Fsp3) is 0.240. The largest absolute Gasteiger partial charge is 0.348 e. The normalized spacial score (nSPS) is 15.4. The first-order valence-corrected chi connectivity index (χ1v) is 11.5. The summed E-state index contributed by atoms with van der Waals surface area (Å²) in [7, 11) is 0. The van der Waals surface area contributed by atoms with Crippen LogP contribution in [0.3, 0.4) is 0 Å². The summed E-state index contributed by atoms with van der Waals surface area (Å²) in [6, 6.07) is 17.9. The Morgan fingerprint density at radius 3 is 2.56 bits per heavy atom. The molecular formula is C25H25N3O3S. The molecular weight excluding hydrogens is 422 g/mol. The molecule has 7 heteroatoms. The second-order valence-corrected chi connectivity index (χ2v) is 8.78. The number of aryl methyl sites for hydroxylation is 1. The molecule has 0 aliphatic carbocycles. The van der Waals surface area contributed by atoms with Gasteiger partial charge in [0.2, 0.25) is 5.91 Å². The van der Waals surface area contributed by atoms with Gasteiger partial charge in [-0.25, -0.2) is 0 Å². The molecule has 0 unspecified atom stereocenters. The van der Waals surface area contributed by atoms with Gasteiger partial charge in [0.1, 0.15) is 6.04 Å². The number of nitrogens with one attached hydrogen (secondary N) is 2. The highest BCUT2D eigenvalue weighted by atomic mass is 32.1. The van der Waals surface area contributed by atoms with Crippen molar-refractivity contribution in [2.24, 2.45) is 0 Å². The molecule has 6 nitrogen and oxygen atoms in total. The smallest absolute Gasteiger partial charge is 0.264 e. The summed E-state index contributed by atoms with van der Waals surface area (Å²) >= 11 is 1.37.